The number of carboxylic acid groups (broad SMARTS) is 4. The number of amides is 2. The molecular formula is C32H54N6O11. The van der Waals surface area contributed by atoms with Crippen LogP contribution in [0.15, 0.2) is 0 Å². The van der Waals surface area contributed by atoms with E-state index in [1.165, 1.54) is 0 Å². The van der Waals surface area contributed by atoms with Crippen LogP contribution in [0, 0.1) is 17.8 Å². The van der Waals surface area contributed by atoms with Crippen molar-refractivity contribution in [2.24, 2.45) is 17.8 Å². The molecule has 0 radical (unpaired) electrons. The monoisotopic (exact) mass is 698 g/mol. The van der Waals surface area contributed by atoms with Crippen molar-refractivity contribution in [2.45, 2.75) is 58.4 Å². The highest BCUT2D eigenvalue weighted by Crippen LogP contribution is 2.30. The van der Waals surface area contributed by atoms with Gasteiger partial charge in [0, 0.05) is 77.2 Å². The minimum Gasteiger partial charge on any atom is -0.480 e. The lowest BCUT2D eigenvalue weighted by Gasteiger charge is -2.33. The largest absolute Gasteiger partial charge is 0.480 e. The van der Waals surface area contributed by atoms with E-state index < -0.39 is 35.8 Å². The predicted molar refractivity (Wildman–Crippen MR) is 176 cm³/mol. The Kier molecular flexibility index (Phi) is 18.1. The molecule has 1 saturated carbocycles. The summed E-state index contributed by atoms with van der Waals surface area (Å²) < 4.78 is 0. The molecule has 6 N–H and O–H groups in total. The van der Waals surface area contributed by atoms with Gasteiger partial charge in [0.25, 0.3) is 0 Å². The molecule has 0 bridgehead atoms. The molecule has 17 heteroatoms. The summed E-state index contributed by atoms with van der Waals surface area (Å²) in [7, 11) is 0. The number of carboxylic acids is 4. The maximum absolute atomic E-state index is 13.0. The second-order valence-electron chi connectivity index (χ2n) is 13.4. The normalized spacial score (nSPS) is 21.5. The van der Waals surface area contributed by atoms with Crippen LogP contribution >= 0.6 is 0 Å². The highest BCUT2D eigenvalue weighted by molar-refractivity contribution is 5.85. The van der Waals surface area contributed by atoms with E-state index in [9.17, 15) is 54.0 Å². The van der Waals surface area contributed by atoms with Crippen LogP contribution in [0.4, 0.5) is 0 Å². The van der Waals surface area contributed by atoms with Crippen LogP contribution in [0.3, 0.4) is 0 Å². The number of carbonyl (C=O) groups is 7. The molecular weight excluding hydrogens is 644 g/mol. The van der Waals surface area contributed by atoms with E-state index in [0.717, 1.165) is 25.7 Å². The number of aliphatic carboxylic acids is 4. The SMILES string of the molecule is CC(C)C(=O)C1CCC(CNC(=O)CC[C@@H](NC(=O)CN2CCN(CC(=O)O)CCN(CC(=O)O)CCN(CC(=O)O)CC2)C(=O)O)CC1. The molecule has 17 nitrogen and oxygen atoms in total. The van der Waals surface area contributed by atoms with Crippen LogP contribution in [-0.4, -0.2) is 173 Å². The third kappa shape index (κ3) is 17.0. The smallest absolute Gasteiger partial charge is 0.326 e. The second-order valence-corrected chi connectivity index (χ2v) is 13.4. The van der Waals surface area contributed by atoms with Gasteiger partial charge in [0.2, 0.25) is 11.8 Å². The number of nitrogens with zero attached hydrogens (tertiary/aromatic N) is 4. The molecule has 2 amide bonds. The Morgan fingerprint density at radius 1 is 0.612 bits per heavy atom. The summed E-state index contributed by atoms with van der Waals surface area (Å²) in [6.07, 6.45) is 3.01. The summed E-state index contributed by atoms with van der Waals surface area (Å²) in [4.78, 5) is 90.7. The molecule has 2 rings (SSSR count). The van der Waals surface area contributed by atoms with Gasteiger partial charge in [-0.25, -0.2) is 4.79 Å². The molecule has 1 saturated heterocycles. The van der Waals surface area contributed by atoms with Crippen molar-refractivity contribution in [3.8, 4) is 0 Å². The van der Waals surface area contributed by atoms with Gasteiger partial charge in [0.05, 0.1) is 26.2 Å². The van der Waals surface area contributed by atoms with E-state index in [0.29, 0.717) is 6.54 Å². The average Bonchev–Trinajstić information content (AvgIpc) is 3.02. The molecule has 2 aliphatic rings. The first kappa shape index (κ1) is 41.5. The quantitative estimate of drug-likeness (QED) is 0.106. The third-order valence-electron chi connectivity index (χ3n) is 9.07. The molecule has 278 valence electrons. The Labute approximate surface area is 286 Å². The van der Waals surface area contributed by atoms with Crippen LogP contribution in [0.5, 0.6) is 0 Å². The topological polar surface area (TPSA) is 237 Å². The predicted octanol–water partition coefficient (Wildman–Crippen LogP) is -1.04. The first-order valence-corrected chi connectivity index (χ1v) is 17.0. The minimum absolute atomic E-state index is 0.00427. The third-order valence-corrected chi connectivity index (χ3v) is 9.07. The summed E-state index contributed by atoms with van der Waals surface area (Å²) in [6, 6.07) is -1.32. The zero-order chi connectivity index (χ0) is 36.5. The summed E-state index contributed by atoms with van der Waals surface area (Å²) >= 11 is 0. The lowest BCUT2D eigenvalue weighted by molar-refractivity contribution is -0.142. The highest BCUT2D eigenvalue weighted by atomic mass is 16.4. The van der Waals surface area contributed by atoms with E-state index in [1.54, 1.807) is 19.6 Å². The lowest BCUT2D eigenvalue weighted by atomic mass is 9.78. The van der Waals surface area contributed by atoms with Crippen LogP contribution in [0.25, 0.3) is 0 Å². The van der Waals surface area contributed by atoms with Crippen LogP contribution < -0.4 is 10.6 Å². The molecule has 49 heavy (non-hydrogen) atoms. The van der Waals surface area contributed by atoms with E-state index in [2.05, 4.69) is 10.6 Å². The number of nitrogens with one attached hydrogen (secondary N) is 2. The molecule has 1 aliphatic heterocycles. The maximum Gasteiger partial charge on any atom is 0.326 e. The first-order chi connectivity index (χ1) is 23.1. The van der Waals surface area contributed by atoms with Crippen molar-refractivity contribution in [1.82, 2.24) is 30.2 Å². The van der Waals surface area contributed by atoms with Crippen LogP contribution in [0.2, 0.25) is 0 Å². The lowest BCUT2D eigenvalue weighted by Crippen LogP contribution is -2.51. The molecule has 1 aliphatic carbocycles. The molecule has 0 aromatic heterocycles. The fraction of sp³-hybridized carbons (Fsp3) is 0.781. The van der Waals surface area contributed by atoms with E-state index in [-0.39, 0.29) is 121 Å². The number of ketones is 1. The first-order valence-electron chi connectivity index (χ1n) is 17.0. The van der Waals surface area contributed by atoms with E-state index in [1.807, 2.05) is 13.8 Å². The Hall–Kier alpha value is -3.67. The van der Waals surface area contributed by atoms with Crippen molar-refractivity contribution in [2.75, 3.05) is 85.1 Å². The van der Waals surface area contributed by atoms with E-state index >= 15 is 0 Å². The summed E-state index contributed by atoms with van der Waals surface area (Å²) in [5.74, 6) is -4.86. The second kappa shape index (κ2) is 21.4. The van der Waals surface area contributed by atoms with Gasteiger partial charge in [-0.1, -0.05) is 13.8 Å². The number of rotatable bonds is 17. The zero-order valence-corrected chi connectivity index (χ0v) is 28.7. The Bertz CT molecular complexity index is 1110. The van der Waals surface area contributed by atoms with Gasteiger partial charge in [-0.2, -0.15) is 0 Å². The van der Waals surface area contributed by atoms with Crippen molar-refractivity contribution in [3.05, 3.63) is 0 Å². The molecule has 0 spiro atoms. The van der Waals surface area contributed by atoms with Gasteiger partial charge in [-0.05, 0) is 38.0 Å². The number of hydrogen-bond acceptors (Lipinski definition) is 11. The summed E-state index contributed by atoms with van der Waals surface area (Å²) in [5.41, 5.74) is 0. The number of Topliss-reactive ketones (excluding diaryl/α,β-unsaturated/α-hetero) is 1. The van der Waals surface area contributed by atoms with Gasteiger partial charge in [0.15, 0.2) is 0 Å². The highest BCUT2D eigenvalue weighted by Gasteiger charge is 2.28. The fourth-order valence-corrected chi connectivity index (χ4v) is 6.23. The molecule has 1 heterocycles. The van der Waals surface area contributed by atoms with Gasteiger partial charge >= 0.3 is 23.9 Å². The average molecular weight is 699 g/mol. The van der Waals surface area contributed by atoms with Crippen molar-refractivity contribution < 1.29 is 54.0 Å². The fourth-order valence-electron chi connectivity index (χ4n) is 6.23. The Balaban J connectivity index is 1.95. The molecule has 0 aromatic carbocycles. The Morgan fingerprint density at radius 2 is 1.02 bits per heavy atom. The van der Waals surface area contributed by atoms with Crippen molar-refractivity contribution in [1.29, 1.82) is 0 Å². The Morgan fingerprint density at radius 3 is 1.39 bits per heavy atom. The zero-order valence-electron chi connectivity index (χ0n) is 28.7. The molecule has 0 aromatic rings. The minimum atomic E-state index is -1.32. The molecule has 2 fully saturated rings. The van der Waals surface area contributed by atoms with Gasteiger partial charge in [-0.3, -0.25) is 48.4 Å². The number of hydrogen-bond donors (Lipinski definition) is 6. The molecule has 1 atom stereocenters. The van der Waals surface area contributed by atoms with Gasteiger partial charge in [-0.15, -0.1) is 0 Å². The standard InChI is InChI=1S/C32H54N6O11/c1-22(2)31(47)24-5-3-23(4-6-24)17-33-26(39)8-7-25(32(48)49)34-27(40)18-35-9-11-36(19-28(41)42)13-15-38(21-30(45)46)16-14-37(12-10-35)20-29(43)44/h22-25H,3-21H2,1-2H3,(H,33,39)(H,34,40)(H,41,42)(H,43,44)(H,45,46)(H,48,49)/t23?,24?,25-/m1/s1. The summed E-state index contributed by atoms with van der Waals surface area (Å²) in [5, 5.41) is 43.2. The van der Waals surface area contributed by atoms with Gasteiger partial charge < -0.3 is 31.1 Å². The van der Waals surface area contributed by atoms with Crippen LogP contribution in [-0.2, 0) is 33.6 Å². The van der Waals surface area contributed by atoms with Crippen LogP contribution in [0.1, 0.15) is 52.4 Å². The van der Waals surface area contributed by atoms with Gasteiger partial charge in [0.1, 0.15) is 11.8 Å². The van der Waals surface area contributed by atoms with Crippen molar-refractivity contribution in [3.63, 3.8) is 0 Å². The number of carbonyl (C=O) groups excluding carboxylic acids is 3. The molecule has 0 unspecified atom stereocenters. The van der Waals surface area contributed by atoms with Crippen molar-refractivity contribution >= 4 is 41.5 Å². The maximum atomic E-state index is 13.0. The van der Waals surface area contributed by atoms with E-state index in [4.69, 9.17) is 0 Å². The summed E-state index contributed by atoms with van der Waals surface area (Å²) in [6.45, 7) is 4.81.